The van der Waals surface area contributed by atoms with Gasteiger partial charge in [0.15, 0.2) is 0 Å². The number of imide groups is 1. The number of morpholine rings is 1. The van der Waals surface area contributed by atoms with Gasteiger partial charge in [-0.05, 0) is 40.5 Å². The van der Waals surface area contributed by atoms with Crippen LogP contribution in [-0.2, 0) is 9.53 Å². The Balaban J connectivity index is 1.88. The Morgan fingerprint density at radius 3 is 2.31 bits per heavy atom. The molecule has 0 radical (unpaired) electrons. The van der Waals surface area contributed by atoms with Gasteiger partial charge in [-0.3, -0.25) is 15.0 Å². The van der Waals surface area contributed by atoms with Crippen molar-refractivity contribution in [2.75, 3.05) is 32.8 Å². The predicted molar refractivity (Wildman–Crippen MR) is 102 cm³/mol. The maximum absolute atomic E-state index is 12.3. The zero-order chi connectivity index (χ0) is 19.2. The summed E-state index contributed by atoms with van der Waals surface area (Å²) in [6.45, 7) is 11.7. The van der Waals surface area contributed by atoms with Crippen LogP contribution >= 0.6 is 0 Å². The van der Waals surface area contributed by atoms with E-state index >= 15 is 0 Å². The summed E-state index contributed by atoms with van der Waals surface area (Å²) in [5, 5.41) is 8.56. The number of ether oxygens (including phenoxy) is 1. The summed E-state index contributed by atoms with van der Waals surface area (Å²) < 4.78 is 5.51. The Hall–Kier alpha value is -1.18. The molecule has 2 rings (SSSR count). The number of carbonyl (C=O) groups is 2. The molecule has 1 saturated carbocycles. The molecule has 0 aromatic heterocycles. The highest BCUT2D eigenvalue weighted by Gasteiger charge is 2.39. The Labute approximate surface area is 157 Å². The average molecular weight is 369 g/mol. The van der Waals surface area contributed by atoms with E-state index in [1.165, 1.54) is 19.3 Å². The molecule has 3 amide bonds. The van der Waals surface area contributed by atoms with Gasteiger partial charge in [0.05, 0.1) is 19.3 Å². The van der Waals surface area contributed by atoms with E-state index in [-0.39, 0.29) is 17.0 Å². The van der Waals surface area contributed by atoms with Crippen molar-refractivity contribution in [2.45, 2.75) is 76.9 Å². The van der Waals surface area contributed by atoms with Gasteiger partial charge in [0.25, 0.3) is 0 Å². The van der Waals surface area contributed by atoms with Crippen LogP contribution in [0.1, 0.15) is 59.8 Å². The van der Waals surface area contributed by atoms with E-state index in [0.29, 0.717) is 0 Å². The fraction of sp³-hybridized carbons (Fsp3) is 0.895. The summed E-state index contributed by atoms with van der Waals surface area (Å²) >= 11 is 0. The lowest BCUT2D eigenvalue weighted by atomic mass is 9.79. The SMILES string of the molecule is CC(NCC1(N2CCOCC2)CCCCC1)C(=O)NC(=O)NC(C)(C)C. The summed E-state index contributed by atoms with van der Waals surface area (Å²) in [5.74, 6) is -0.292. The molecule has 2 fully saturated rings. The molecule has 7 heteroatoms. The highest BCUT2D eigenvalue weighted by atomic mass is 16.5. The first-order chi connectivity index (χ1) is 12.2. The Kier molecular flexibility index (Phi) is 7.43. The van der Waals surface area contributed by atoms with Crippen LogP contribution in [0.4, 0.5) is 4.79 Å². The first kappa shape index (κ1) is 21.1. The number of nitrogens with zero attached hydrogens (tertiary/aromatic N) is 1. The standard InChI is InChI=1S/C19H36N4O3/c1-15(16(24)21-17(25)22-18(2,3)4)20-14-19(8-6-5-7-9-19)23-10-12-26-13-11-23/h15,20H,5-14H2,1-4H3,(H2,21,22,24,25). The topological polar surface area (TPSA) is 82.7 Å². The molecule has 7 nitrogen and oxygen atoms in total. The van der Waals surface area contributed by atoms with Gasteiger partial charge in [0.1, 0.15) is 0 Å². The lowest BCUT2D eigenvalue weighted by Crippen LogP contribution is -2.61. The van der Waals surface area contributed by atoms with E-state index in [1.807, 2.05) is 27.7 Å². The Morgan fingerprint density at radius 1 is 1.12 bits per heavy atom. The maximum atomic E-state index is 12.3. The number of amides is 3. The minimum Gasteiger partial charge on any atom is -0.379 e. The minimum absolute atomic E-state index is 0.101. The molecule has 0 bridgehead atoms. The summed E-state index contributed by atoms with van der Waals surface area (Å²) in [4.78, 5) is 26.8. The van der Waals surface area contributed by atoms with Gasteiger partial charge in [0.2, 0.25) is 5.91 Å². The third-order valence-electron chi connectivity index (χ3n) is 5.32. The average Bonchev–Trinajstić information content (AvgIpc) is 2.59. The minimum atomic E-state index is -0.447. The Morgan fingerprint density at radius 2 is 1.73 bits per heavy atom. The molecule has 0 spiro atoms. The van der Waals surface area contributed by atoms with Crippen molar-refractivity contribution in [3.63, 3.8) is 0 Å². The molecule has 1 saturated heterocycles. The fourth-order valence-electron chi connectivity index (χ4n) is 3.88. The molecule has 1 heterocycles. The van der Waals surface area contributed by atoms with Gasteiger partial charge in [-0.2, -0.15) is 0 Å². The molecule has 1 aliphatic heterocycles. The number of hydrogen-bond acceptors (Lipinski definition) is 5. The smallest absolute Gasteiger partial charge is 0.321 e. The first-order valence-electron chi connectivity index (χ1n) is 9.91. The highest BCUT2D eigenvalue weighted by Crippen LogP contribution is 2.33. The quantitative estimate of drug-likeness (QED) is 0.687. The molecular formula is C19H36N4O3. The van der Waals surface area contributed by atoms with Gasteiger partial charge in [0, 0.05) is 30.7 Å². The normalized spacial score (nSPS) is 22.5. The summed E-state index contributed by atoms with van der Waals surface area (Å²) in [7, 11) is 0. The van der Waals surface area contributed by atoms with E-state index in [1.54, 1.807) is 0 Å². The van der Waals surface area contributed by atoms with Crippen molar-refractivity contribution in [3.8, 4) is 0 Å². The number of rotatable bonds is 5. The van der Waals surface area contributed by atoms with Crippen LogP contribution in [0.25, 0.3) is 0 Å². The van der Waals surface area contributed by atoms with Crippen molar-refractivity contribution in [2.24, 2.45) is 0 Å². The second-order valence-electron chi connectivity index (χ2n) is 8.68. The lowest BCUT2D eigenvalue weighted by molar-refractivity contribution is -0.122. The largest absolute Gasteiger partial charge is 0.379 e. The lowest BCUT2D eigenvalue weighted by Gasteiger charge is -2.48. The number of hydrogen-bond donors (Lipinski definition) is 3. The van der Waals surface area contributed by atoms with E-state index in [4.69, 9.17) is 4.74 Å². The van der Waals surface area contributed by atoms with Crippen molar-refractivity contribution in [1.29, 1.82) is 0 Å². The van der Waals surface area contributed by atoms with Crippen LogP contribution in [-0.4, -0.2) is 66.8 Å². The zero-order valence-electron chi connectivity index (χ0n) is 16.8. The van der Waals surface area contributed by atoms with E-state index in [2.05, 4.69) is 20.9 Å². The first-order valence-corrected chi connectivity index (χ1v) is 9.91. The third-order valence-corrected chi connectivity index (χ3v) is 5.32. The van der Waals surface area contributed by atoms with Crippen LogP contribution in [0, 0.1) is 0 Å². The van der Waals surface area contributed by atoms with Gasteiger partial charge in [-0.15, -0.1) is 0 Å². The molecule has 0 aromatic carbocycles. The van der Waals surface area contributed by atoms with Crippen LogP contribution in [0.15, 0.2) is 0 Å². The molecule has 2 aliphatic rings. The van der Waals surface area contributed by atoms with Crippen molar-refractivity contribution in [1.82, 2.24) is 20.9 Å². The predicted octanol–water partition coefficient (Wildman–Crippen LogP) is 1.62. The van der Waals surface area contributed by atoms with Crippen LogP contribution in [0.2, 0.25) is 0 Å². The molecule has 1 unspecified atom stereocenters. The van der Waals surface area contributed by atoms with Gasteiger partial charge >= 0.3 is 6.03 Å². The second kappa shape index (κ2) is 9.15. The van der Waals surface area contributed by atoms with E-state index in [0.717, 1.165) is 45.7 Å². The van der Waals surface area contributed by atoms with Gasteiger partial charge in [-0.25, -0.2) is 4.79 Å². The summed E-state index contributed by atoms with van der Waals surface area (Å²) in [6.07, 6.45) is 6.05. The summed E-state index contributed by atoms with van der Waals surface area (Å²) in [5.41, 5.74) is -0.270. The molecule has 3 N–H and O–H groups in total. The molecule has 0 aromatic rings. The number of carbonyl (C=O) groups excluding carboxylic acids is 2. The number of nitrogens with one attached hydrogen (secondary N) is 3. The number of urea groups is 1. The molecule has 1 aliphatic carbocycles. The van der Waals surface area contributed by atoms with Crippen molar-refractivity contribution < 1.29 is 14.3 Å². The van der Waals surface area contributed by atoms with Gasteiger partial charge < -0.3 is 15.4 Å². The maximum Gasteiger partial charge on any atom is 0.321 e. The molecule has 150 valence electrons. The van der Waals surface area contributed by atoms with E-state index < -0.39 is 12.1 Å². The van der Waals surface area contributed by atoms with Crippen molar-refractivity contribution in [3.05, 3.63) is 0 Å². The highest BCUT2D eigenvalue weighted by molar-refractivity contribution is 5.97. The third kappa shape index (κ3) is 6.21. The van der Waals surface area contributed by atoms with Crippen LogP contribution in [0.3, 0.4) is 0 Å². The van der Waals surface area contributed by atoms with E-state index in [9.17, 15) is 9.59 Å². The molecular weight excluding hydrogens is 332 g/mol. The monoisotopic (exact) mass is 368 g/mol. The molecule has 1 atom stereocenters. The molecule has 26 heavy (non-hydrogen) atoms. The zero-order valence-corrected chi connectivity index (χ0v) is 16.8. The van der Waals surface area contributed by atoms with Gasteiger partial charge in [-0.1, -0.05) is 19.3 Å². The van der Waals surface area contributed by atoms with Crippen LogP contribution in [0.5, 0.6) is 0 Å². The fourth-order valence-corrected chi connectivity index (χ4v) is 3.88. The Bertz CT molecular complexity index is 478. The second-order valence-corrected chi connectivity index (χ2v) is 8.68. The van der Waals surface area contributed by atoms with Crippen LogP contribution < -0.4 is 16.0 Å². The van der Waals surface area contributed by atoms with Crippen molar-refractivity contribution >= 4 is 11.9 Å². The summed E-state index contributed by atoms with van der Waals surface area (Å²) in [6, 6.07) is -0.864.